The number of fused-ring (bicyclic) bond motifs is 1. The third-order valence-corrected chi connectivity index (χ3v) is 8.60. The summed E-state index contributed by atoms with van der Waals surface area (Å²) in [7, 11) is -3.28. The molecule has 0 radical (unpaired) electrons. The SMILES string of the molecule is CC(=O)O.CCCS(=O)(=O)NCCOc1ccc2c(c1)C(C1(c3ccc(F)cc3)CCC1)N(C(=N)N)CC2. The number of nitrogens with one attached hydrogen (secondary N) is 2. The molecule has 38 heavy (non-hydrogen) atoms. The van der Waals surface area contributed by atoms with Crippen LogP contribution in [0.4, 0.5) is 4.39 Å². The van der Waals surface area contributed by atoms with Gasteiger partial charge in [-0.25, -0.2) is 17.5 Å². The Hall–Kier alpha value is -3.18. The number of carbonyl (C=O) groups is 1. The molecule has 0 spiro atoms. The van der Waals surface area contributed by atoms with Crippen LogP contribution >= 0.6 is 0 Å². The van der Waals surface area contributed by atoms with E-state index in [1.165, 1.54) is 17.7 Å². The second-order valence-electron chi connectivity index (χ2n) is 9.69. The monoisotopic (exact) mass is 548 g/mol. The molecule has 1 fully saturated rings. The number of guanidine groups is 1. The number of benzene rings is 2. The predicted octanol–water partition coefficient (Wildman–Crippen LogP) is 3.54. The normalized spacial score (nSPS) is 17.9. The van der Waals surface area contributed by atoms with E-state index in [2.05, 4.69) is 4.72 Å². The van der Waals surface area contributed by atoms with E-state index in [4.69, 9.17) is 25.8 Å². The molecule has 208 valence electrons. The Kier molecular flexibility index (Phi) is 9.72. The van der Waals surface area contributed by atoms with Crippen LogP contribution in [-0.4, -0.2) is 55.8 Å². The van der Waals surface area contributed by atoms with Crippen molar-refractivity contribution in [3.8, 4) is 5.75 Å². The molecular weight excluding hydrogens is 511 g/mol. The number of aliphatic carboxylic acids is 1. The van der Waals surface area contributed by atoms with Crippen molar-refractivity contribution >= 4 is 22.0 Å². The molecule has 2 aromatic rings. The Morgan fingerprint density at radius 2 is 1.92 bits per heavy atom. The van der Waals surface area contributed by atoms with Gasteiger partial charge in [0.25, 0.3) is 5.97 Å². The van der Waals surface area contributed by atoms with Gasteiger partial charge >= 0.3 is 0 Å². The molecule has 2 aliphatic rings. The van der Waals surface area contributed by atoms with E-state index in [0.717, 1.165) is 43.7 Å². The molecule has 1 aliphatic carbocycles. The minimum absolute atomic E-state index is 0.0284. The van der Waals surface area contributed by atoms with Crippen LogP contribution in [-0.2, 0) is 26.7 Å². The zero-order valence-corrected chi connectivity index (χ0v) is 22.7. The highest BCUT2D eigenvalue weighted by Crippen LogP contribution is 2.56. The topological polar surface area (TPSA) is 146 Å². The molecule has 4 rings (SSSR count). The number of hydrogen-bond donors (Lipinski definition) is 4. The van der Waals surface area contributed by atoms with E-state index in [0.29, 0.717) is 18.7 Å². The molecule has 0 saturated heterocycles. The highest BCUT2D eigenvalue weighted by molar-refractivity contribution is 7.89. The fourth-order valence-corrected chi connectivity index (χ4v) is 6.38. The van der Waals surface area contributed by atoms with Crippen molar-refractivity contribution < 1.29 is 27.4 Å². The minimum Gasteiger partial charge on any atom is -0.492 e. The molecule has 1 saturated carbocycles. The zero-order valence-electron chi connectivity index (χ0n) is 21.9. The molecule has 1 unspecified atom stereocenters. The highest BCUT2D eigenvalue weighted by Gasteiger charge is 2.50. The molecule has 5 N–H and O–H groups in total. The Balaban J connectivity index is 0.000000934. The van der Waals surface area contributed by atoms with Crippen LogP contribution in [0.1, 0.15) is 62.3 Å². The largest absolute Gasteiger partial charge is 0.492 e. The minimum atomic E-state index is -3.28. The third kappa shape index (κ3) is 7.02. The predicted molar refractivity (Wildman–Crippen MR) is 144 cm³/mol. The molecule has 1 heterocycles. The molecule has 9 nitrogen and oxygen atoms in total. The van der Waals surface area contributed by atoms with Gasteiger partial charge in [-0.15, -0.1) is 0 Å². The summed E-state index contributed by atoms with van der Waals surface area (Å²) < 4.78 is 45.8. The smallest absolute Gasteiger partial charge is 0.300 e. The first-order valence-corrected chi connectivity index (χ1v) is 14.4. The van der Waals surface area contributed by atoms with Crippen LogP contribution in [0.3, 0.4) is 0 Å². The van der Waals surface area contributed by atoms with Crippen LogP contribution in [0, 0.1) is 11.2 Å². The molecule has 0 bridgehead atoms. The van der Waals surface area contributed by atoms with E-state index in [1.54, 1.807) is 0 Å². The second-order valence-corrected chi connectivity index (χ2v) is 11.6. The van der Waals surface area contributed by atoms with Gasteiger partial charge in [0.2, 0.25) is 10.0 Å². The van der Waals surface area contributed by atoms with Crippen LogP contribution in [0.5, 0.6) is 5.75 Å². The number of nitrogens with two attached hydrogens (primary N) is 1. The van der Waals surface area contributed by atoms with Crippen molar-refractivity contribution in [2.24, 2.45) is 5.73 Å². The van der Waals surface area contributed by atoms with Crippen molar-refractivity contribution in [3.63, 3.8) is 0 Å². The van der Waals surface area contributed by atoms with E-state index < -0.39 is 16.0 Å². The summed E-state index contributed by atoms with van der Waals surface area (Å²) in [4.78, 5) is 11.0. The van der Waals surface area contributed by atoms with E-state index in [9.17, 15) is 12.8 Å². The summed E-state index contributed by atoms with van der Waals surface area (Å²) in [5.74, 6) is -0.325. The van der Waals surface area contributed by atoms with Crippen LogP contribution in [0.25, 0.3) is 0 Å². The van der Waals surface area contributed by atoms with Gasteiger partial charge in [-0.3, -0.25) is 10.2 Å². The van der Waals surface area contributed by atoms with Crippen LogP contribution < -0.4 is 15.2 Å². The molecular formula is C27H37FN4O5S. The lowest BCUT2D eigenvalue weighted by Gasteiger charge is -2.54. The maximum atomic E-state index is 13.7. The average Bonchev–Trinajstić information content (AvgIpc) is 2.82. The van der Waals surface area contributed by atoms with Crippen molar-refractivity contribution in [3.05, 3.63) is 65.0 Å². The third-order valence-electron chi connectivity index (χ3n) is 7.01. The number of carboxylic acid groups (broad SMARTS) is 1. The Morgan fingerprint density at radius 3 is 2.47 bits per heavy atom. The van der Waals surface area contributed by atoms with Gasteiger partial charge in [0.15, 0.2) is 5.96 Å². The number of rotatable bonds is 9. The number of sulfonamides is 1. The number of nitrogens with zero attached hydrogens (tertiary/aromatic N) is 1. The first kappa shape index (κ1) is 29.4. The van der Waals surface area contributed by atoms with Gasteiger partial charge in [-0.05, 0) is 66.6 Å². The number of ether oxygens (including phenoxy) is 1. The second kappa shape index (κ2) is 12.6. The van der Waals surface area contributed by atoms with E-state index >= 15 is 0 Å². The van der Waals surface area contributed by atoms with Gasteiger partial charge < -0.3 is 20.5 Å². The summed E-state index contributed by atoms with van der Waals surface area (Å²) >= 11 is 0. The van der Waals surface area contributed by atoms with Crippen molar-refractivity contribution in [2.45, 2.75) is 57.4 Å². The maximum absolute atomic E-state index is 13.7. The fraction of sp³-hybridized carbons (Fsp3) is 0.481. The quantitative estimate of drug-likeness (QED) is 0.213. The van der Waals surface area contributed by atoms with Crippen molar-refractivity contribution in [1.29, 1.82) is 5.41 Å². The average molecular weight is 549 g/mol. The van der Waals surface area contributed by atoms with E-state index in [-0.39, 0.29) is 42.1 Å². The summed E-state index contributed by atoms with van der Waals surface area (Å²) in [5, 5.41) is 15.7. The first-order chi connectivity index (χ1) is 18.0. The highest BCUT2D eigenvalue weighted by atomic mass is 32.2. The van der Waals surface area contributed by atoms with Gasteiger partial charge in [0, 0.05) is 25.4 Å². The maximum Gasteiger partial charge on any atom is 0.300 e. The van der Waals surface area contributed by atoms with Gasteiger partial charge in [0.05, 0.1) is 11.8 Å². The summed E-state index contributed by atoms with van der Waals surface area (Å²) in [5.41, 5.74) is 9.09. The summed E-state index contributed by atoms with van der Waals surface area (Å²) in [6, 6.07) is 12.5. The molecule has 2 aromatic carbocycles. The van der Waals surface area contributed by atoms with Crippen molar-refractivity contribution in [2.75, 3.05) is 25.4 Å². The van der Waals surface area contributed by atoms with E-state index in [1.807, 2.05) is 42.2 Å². The Morgan fingerprint density at radius 1 is 1.26 bits per heavy atom. The Labute approximate surface area is 223 Å². The van der Waals surface area contributed by atoms with Crippen LogP contribution in [0.15, 0.2) is 42.5 Å². The summed E-state index contributed by atoms with van der Waals surface area (Å²) in [6.45, 7) is 3.97. The van der Waals surface area contributed by atoms with Gasteiger partial charge in [-0.2, -0.15) is 0 Å². The lowest BCUT2D eigenvalue weighted by Crippen LogP contribution is -2.54. The number of carboxylic acids is 1. The fourth-order valence-electron chi connectivity index (χ4n) is 5.30. The molecule has 11 heteroatoms. The molecule has 1 atom stereocenters. The van der Waals surface area contributed by atoms with Crippen molar-refractivity contribution in [1.82, 2.24) is 9.62 Å². The first-order valence-electron chi connectivity index (χ1n) is 12.8. The summed E-state index contributed by atoms with van der Waals surface area (Å²) in [6.07, 6.45) is 4.24. The molecule has 0 amide bonds. The Bertz CT molecular complexity index is 1230. The molecule has 0 aromatic heterocycles. The number of halogens is 1. The molecule has 1 aliphatic heterocycles. The number of hydrogen-bond acceptors (Lipinski definition) is 5. The van der Waals surface area contributed by atoms with Gasteiger partial charge in [0.1, 0.15) is 18.2 Å². The van der Waals surface area contributed by atoms with Gasteiger partial charge in [-0.1, -0.05) is 31.5 Å². The lowest BCUT2D eigenvalue weighted by atomic mass is 9.57. The zero-order chi connectivity index (χ0) is 27.9. The standard InChI is InChI=1S/C25H33FN4O3S.C2H4O2/c1-2-16-34(31,32)29-13-15-33-21-9-4-18-10-14-30(24(27)28)23(22(18)17-21)25(11-3-12-25)19-5-7-20(26)8-6-19;1-2(3)4/h4-9,17,23,29H,2-3,10-16H2,1H3,(H3,27,28);1H3,(H,3,4). The lowest BCUT2D eigenvalue weighted by molar-refractivity contribution is -0.134. The van der Waals surface area contributed by atoms with Crippen LogP contribution in [0.2, 0.25) is 0 Å².